The molecular formula is C19H20F3N7O3. The molecule has 1 saturated heterocycles. The van der Waals surface area contributed by atoms with Crippen molar-refractivity contribution in [2.24, 2.45) is 14.1 Å². The number of benzene rings is 1. The van der Waals surface area contributed by atoms with Gasteiger partial charge in [0.1, 0.15) is 0 Å². The van der Waals surface area contributed by atoms with Crippen molar-refractivity contribution in [1.29, 1.82) is 0 Å². The Kier molecular flexibility index (Phi) is 5.28. The first kappa shape index (κ1) is 21.6. The Morgan fingerprint density at radius 1 is 1.09 bits per heavy atom. The number of halogens is 3. The number of para-hydroxylation sites is 2. The van der Waals surface area contributed by atoms with Crippen LogP contribution in [-0.4, -0.2) is 56.9 Å². The molecule has 0 spiro atoms. The van der Waals surface area contributed by atoms with E-state index >= 15 is 0 Å². The number of rotatable bonds is 3. The van der Waals surface area contributed by atoms with Crippen molar-refractivity contribution >= 4 is 28.7 Å². The molecule has 10 nitrogen and oxygen atoms in total. The molecule has 32 heavy (non-hydrogen) atoms. The summed E-state index contributed by atoms with van der Waals surface area (Å²) in [6.07, 6.45) is -5.09. The summed E-state index contributed by atoms with van der Waals surface area (Å²) in [6.45, 7) is 2.31. The Labute approximate surface area is 178 Å². The molecule has 0 aliphatic carbocycles. The third-order valence-electron chi connectivity index (χ3n) is 5.29. The average Bonchev–Trinajstić information content (AvgIpc) is 3.17. The topological polar surface area (TPSA) is 106 Å². The minimum Gasteiger partial charge on any atom is -0.339 e. The fraction of sp³-hybridized carbons (Fsp3) is 0.368. The predicted molar refractivity (Wildman–Crippen MR) is 111 cm³/mol. The highest BCUT2D eigenvalue weighted by Gasteiger charge is 2.39. The minimum absolute atomic E-state index is 0.0110. The lowest BCUT2D eigenvalue weighted by Crippen LogP contribution is -2.44. The Balaban J connectivity index is 2.03. The number of aromatic nitrogens is 4. The number of anilines is 2. The lowest BCUT2D eigenvalue weighted by Gasteiger charge is -2.29. The van der Waals surface area contributed by atoms with Gasteiger partial charge >= 0.3 is 17.8 Å². The Morgan fingerprint density at radius 3 is 2.41 bits per heavy atom. The van der Waals surface area contributed by atoms with Crippen LogP contribution >= 0.6 is 0 Å². The predicted octanol–water partition coefficient (Wildman–Crippen LogP) is 0.333. The monoisotopic (exact) mass is 451 g/mol. The number of imidazole rings is 1. The second kappa shape index (κ2) is 7.82. The maximum absolute atomic E-state index is 13.1. The molecule has 0 saturated carbocycles. The van der Waals surface area contributed by atoms with E-state index in [4.69, 9.17) is 0 Å². The first-order chi connectivity index (χ1) is 15.1. The van der Waals surface area contributed by atoms with Crippen molar-refractivity contribution < 1.29 is 18.0 Å². The van der Waals surface area contributed by atoms with E-state index < -0.39 is 23.3 Å². The lowest BCUT2D eigenvalue weighted by atomic mass is 10.2. The Bertz CT molecular complexity index is 1320. The fourth-order valence-electron chi connectivity index (χ4n) is 3.66. The number of nitrogens with zero attached hydrogens (tertiary/aromatic N) is 5. The summed E-state index contributed by atoms with van der Waals surface area (Å²) in [6, 6.07) is 5.81. The van der Waals surface area contributed by atoms with Crippen LogP contribution in [0.4, 0.5) is 24.8 Å². The molecule has 0 unspecified atom stereocenters. The molecule has 170 valence electrons. The van der Waals surface area contributed by atoms with E-state index in [9.17, 15) is 27.6 Å². The fourth-order valence-corrected chi connectivity index (χ4v) is 3.66. The highest BCUT2D eigenvalue weighted by molar-refractivity contribution is 5.97. The molecule has 3 heterocycles. The van der Waals surface area contributed by atoms with Crippen molar-refractivity contribution in [3.05, 3.63) is 45.1 Å². The molecule has 4 rings (SSSR count). The molecule has 0 atom stereocenters. The normalized spacial score (nSPS) is 14.7. The summed E-state index contributed by atoms with van der Waals surface area (Å²) < 4.78 is 42.2. The van der Waals surface area contributed by atoms with Gasteiger partial charge in [-0.15, -0.1) is 0 Å². The van der Waals surface area contributed by atoms with E-state index in [0.29, 0.717) is 26.2 Å². The lowest BCUT2D eigenvalue weighted by molar-refractivity contribution is -0.167. The molecule has 0 radical (unpaired) electrons. The quantitative estimate of drug-likeness (QED) is 0.595. The number of piperazine rings is 1. The molecule has 1 fully saturated rings. The summed E-state index contributed by atoms with van der Waals surface area (Å²) >= 11 is 0. The van der Waals surface area contributed by atoms with Gasteiger partial charge in [-0.05, 0) is 12.1 Å². The molecule has 0 bridgehead atoms. The smallest absolute Gasteiger partial charge is 0.339 e. The third-order valence-corrected chi connectivity index (χ3v) is 5.29. The maximum atomic E-state index is 13.1. The van der Waals surface area contributed by atoms with Crippen LogP contribution in [0.5, 0.6) is 0 Å². The van der Waals surface area contributed by atoms with Crippen molar-refractivity contribution in [1.82, 2.24) is 24.0 Å². The van der Waals surface area contributed by atoms with Crippen molar-refractivity contribution in [2.45, 2.75) is 6.18 Å². The molecule has 1 aliphatic heterocycles. The second-order valence-electron chi connectivity index (χ2n) is 7.33. The third kappa shape index (κ3) is 3.53. The highest BCUT2D eigenvalue weighted by Crippen LogP contribution is 2.30. The highest BCUT2D eigenvalue weighted by atomic mass is 19.4. The molecule has 1 amide bonds. The van der Waals surface area contributed by atoms with Gasteiger partial charge in [0.25, 0.3) is 5.56 Å². The maximum Gasteiger partial charge on any atom is 0.471 e. The summed E-state index contributed by atoms with van der Waals surface area (Å²) in [5.41, 5.74) is -1.18. The van der Waals surface area contributed by atoms with Crippen LogP contribution < -0.4 is 26.8 Å². The standard InChI is InChI=1S/C19H20F3N7O3/c1-26-14-13(15(30)27(2)18(26)32)29(17(25-14)28-9-7-23-8-10-28)12-6-4-3-5-11(12)24-16(31)19(20,21)22/h3-6,23H,7-10H2,1-2H3,(H,24,31). The molecule has 3 aromatic rings. The summed E-state index contributed by atoms with van der Waals surface area (Å²) in [5.74, 6) is -1.85. The number of fused-ring (bicyclic) bond motifs is 1. The number of alkyl halides is 3. The molecule has 13 heteroatoms. The summed E-state index contributed by atoms with van der Waals surface area (Å²) in [4.78, 5) is 43.5. The largest absolute Gasteiger partial charge is 0.471 e. The van der Waals surface area contributed by atoms with Crippen LogP contribution in [0.1, 0.15) is 0 Å². The van der Waals surface area contributed by atoms with Crippen molar-refractivity contribution in [3.8, 4) is 5.69 Å². The van der Waals surface area contributed by atoms with Crippen molar-refractivity contribution in [3.63, 3.8) is 0 Å². The zero-order valence-electron chi connectivity index (χ0n) is 17.2. The average molecular weight is 451 g/mol. The number of carbonyl (C=O) groups is 1. The van der Waals surface area contributed by atoms with Crippen LogP contribution in [0, 0.1) is 0 Å². The van der Waals surface area contributed by atoms with Gasteiger partial charge in [-0.3, -0.25) is 23.3 Å². The zero-order chi connectivity index (χ0) is 23.2. The van der Waals surface area contributed by atoms with Crippen molar-refractivity contribution in [2.75, 3.05) is 36.4 Å². The molecule has 1 aliphatic rings. The van der Waals surface area contributed by atoms with Gasteiger partial charge in [0.05, 0.1) is 11.4 Å². The second-order valence-corrected chi connectivity index (χ2v) is 7.33. The molecule has 2 aromatic heterocycles. The van der Waals surface area contributed by atoms with E-state index in [0.717, 1.165) is 4.57 Å². The number of hydrogen-bond donors (Lipinski definition) is 2. The first-order valence-electron chi connectivity index (χ1n) is 9.73. The summed E-state index contributed by atoms with van der Waals surface area (Å²) in [7, 11) is 2.77. The number of hydrogen-bond acceptors (Lipinski definition) is 6. The van der Waals surface area contributed by atoms with Gasteiger partial charge in [-0.2, -0.15) is 18.2 Å². The van der Waals surface area contributed by atoms with Gasteiger partial charge in [-0.25, -0.2) is 4.79 Å². The number of nitrogens with one attached hydrogen (secondary N) is 2. The Hall–Kier alpha value is -3.61. The van der Waals surface area contributed by atoms with E-state index in [1.54, 1.807) is 6.07 Å². The molecule has 2 N–H and O–H groups in total. The van der Waals surface area contributed by atoms with Gasteiger partial charge in [-0.1, -0.05) is 12.1 Å². The first-order valence-corrected chi connectivity index (χ1v) is 9.73. The van der Waals surface area contributed by atoms with E-state index in [1.165, 1.54) is 41.4 Å². The van der Waals surface area contributed by atoms with Crippen LogP contribution in [-0.2, 0) is 18.9 Å². The van der Waals surface area contributed by atoms with E-state index in [1.807, 2.05) is 10.2 Å². The van der Waals surface area contributed by atoms with Crippen LogP contribution in [0.2, 0.25) is 0 Å². The molecular weight excluding hydrogens is 431 g/mol. The molecule has 1 aromatic carbocycles. The number of amides is 1. The van der Waals surface area contributed by atoms with Crippen LogP contribution in [0.3, 0.4) is 0 Å². The SMILES string of the molecule is Cn1c(=O)c2c(nc(N3CCNCC3)n2-c2ccccc2NC(=O)C(F)(F)F)n(C)c1=O. The van der Waals surface area contributed by atoms with E-state index in [2.05, 4.69) is 10.3 Å². The summed E-state index contributed by atoms with van der Waals surface area (Å²) in [5, 5.41) is 5.06. The van der Waals surface area contributed by atoms with Gasteiger partial charge < -0.3 is 15.5 Å². The van der Waals surface area contributed by atoms with Gasteiger partial charge in [0.15, 0.2) is 11.2 Å². The van der Waals surface area contributed by atoms with Crippen LogP contribution in [0.15, 0.2) is 33.9 Å². The van der Waals surface area contributed by atoms with E-state index in [-0.39, 0.29) is 28.5 Å². The zero-order valence-corrected chi connectivity index (χ0v) is 17.2. The number of carbonyl (C=O) groups excluding carboxylic acids is 1. The van der Waals surface area contributed by atoms with Gasteiger partial charge in [0, 0.05) is 40.3 Å². The Morgan fingerprint density at radius 2 is 1.75 bits per heavy atom. The minimum atomic E-state index is -5.09. The number of aryl methyl sites for hydroxylation is 1. The van der Waals surface area contributed by atoms with Crippen LogP contribution in [0.25, 0.3) is 16.9 Å². The van der Waals surface area contributed by atoms with Gasteiger partial charge in [0.2, 0.25) is 5.95 Å².